The van der Waals surface area contributed by atoms with Crippen LogP contribution in [0.15, 0.2) is 41.4 Å². The van der Waals surface area contributed by atoms with Gasteiger partial charge >= 0.3 is 0 Å². The largest absolute Gasteiger partial charge is 0.493 e. The van der Waals surface area contributed by atoms with Crippen LogP contribution in [0, 0.1) is 0 Å². The van der Waals surface area contributed by atoms with Crippen molar-refractivity contribution in [1.82, 2.24) is 10.6 Å². The van der Waals surface area contributed by atoms with E-state index in [1.165, 1.54) is 0 Å². The molecule has 0 radical (unpaired) electrons. The summed E-state index contributed by atoms with van der Waals surface area (Å²) in [4.78, 5) is 4.35. The molecule has 0 saturated heterocycles. The van der Waals surface area contributed by atoms with E-state index in [2.05, 4.69) is 22.5 Å². The fourth-order valence-corrected chi connectivity index (χ4v) is 3.10. The Morgan fingerprint density at radius 3 is 2.10 bits per heavy atom. The van der Waals surface area contributed by atoms with Gasteiger partial charge in [0.25, 0.3) is 0 Å². The maximum atomic E-state index is 5.75. The molecular formula is C24H35N3O4. The highest BCUT2D eigenvalue weighted by Gasteiger charge is 2.13. The lowest BCUT2D eigenvalue weighted by Gasteiger charge is -2.20. The van der Waals surface area contributed by atoms with Crippen molar-refractivity contribution in [2.24, 2.45) is 4.99 Å². The quantitative estimate of drug-likeness (QED) is 0.409. The van der Waals surface area contributed by atoms with E-state index < -0.39 is 0 Å². The Labute approximate surface area is 185 Å². The standard InChI is InChI=1S/C24H35N3O4/c1-7-29-20-12-10-18(14-22(20)28-6)16-26-24(25-5)27-17(4)19-11-13-21(30-8-2)23(15-19)31-9-3/h10-15,17H,7-9,16H2,1-6H3,(H2,25,26,27). The lowest BCUT2D eigenvalue weighted by atomic mass is 10.1. The number of rotatable bonds is 11. The van der Waals surface area contributed by atoms with Gasteiger partial charge in [-0.15, -0.1) is 0 Å². The molecule has 1 unspecified atom stereocenters. The SMILES string of the molecule is CCOc1ccc(CNC(=NC)NC(C)c2ccc(OCC)c(OCC)c2)cc1OC. The Morgan fingerprint density at radius 2 is 1.48 bits per heavy atom. The molecule has 0 fully saturated rings. The van der Waals surface area contributed by atoms with Crippen molar-refractivity contribution in [3.8, 4) is 23.0 Å². The maximum Gasteiger partial charge on any atom is 0.191 e. The van der Waals surface area contributed by atoms with Crippen molar-refractivity contribution >= 4 is 5.96 Å². The molecule has 2 N–H and O–H groups in total. The minimum Gasteiger partial charge on any atom is -0.493 e. The highest BCUT2D eigenvalue weighted by Crippen LogP contribution is 2.31. The van der Waals surface area contributed by atoms with Crippen LogP contribution in [-0.2, 0) is 6.54 Å². The van der Waals surface area contributed by atoms with Gasteiger partial charge in [0, 0.05) is 13.6 Å². The molecule has 0 amide bonds. The molecule has 1 atom stereocenters. The summed E-state index contributed by atoms with van der Waals surface area (Å²) in [5.74, 6) is 3.67. The van der Waals surface area contributed by atoms with Gasteiger partial charge in [-0.25, -0.2) is 0 Å². The van der Waals surface area contributed by atoms with Crippen LogP contribution in [0.2, 0.25) is 0 Å². The van der Waals surface area contributed by atoms with Crippen LogP contribution < -0.4 is 29.6 Å². The fourth-order valence-electron chi connectivity index (χ4n) is 3.10. The highest BCUT2D eigenvalue weighted by atomic mass is 16.5. The number of hydrogen-bond donors (Lipinski definition) is 2. The van der Waals surface area contributed by atoms with Crippen LogP contribution in [-0.4, -0.2) is 39.9 Å². The molecular weight excluding hydrogens is 394 g/mol. The van der Waals surface area contributed by atoms with Crippen LogP contribution in [0.4, 0.5) is 0 Å². The zero-order chi connectivity index (χ0) is 22.6. The Hall–Kier alpha value is -3.09. The fraction of sp³-hybridized carbons (Fsp3) is 0.458. The van der Waals surface area contributed by atoms with Gasteiger partial charge in [0.1, 0.15) is 0 Å². The van der Waals surface area contributed by atoms with Gasteiger partial charge in [0.15, 0.2) is 29.0 Å². The molecule has 0 aliphatic heterocycles. The molecule has 170 valence electrons. The molecule has 7 nitrogen and oxygen atoms in total. The van der Waals surface area contributed by atoms with Crippen molar-refractivity contribution in [3.05, 3.63) is 47.5 Å². The minimum absolute atomic E-state index is 0.0240. The number of guanidine groups is 1. The molecule has 7 heteroatoms. The van der Waals surface area contributed by atoms with E-state index in [0.717, 1.165) is 34.1 Å². The van der Waals surface area contributed by atoms with Gasteiger partial charge in [-0.2, -0.15) is 0 Å². The molecule has 0 aliphatic carbocycles. The lowest BCUT2D eigenvalue weighted by molar-refractivity contribution is 0.287. The second kappa shape index (κ2) is 12.6. The highest BCUT2D eigenvalue weighted by molar-refractivity contribution is 5.80. The van der Waals surface area contributed by atoms with Crippen LogP contribution in [0.3, 0.4) is 0 Å². The van der Waals surface area contributed by atoms with Crippen LogP contribution in [0.1, 0.15) is 44.9 Å². The normalized spacial score (nSPS) is 12.1. The van der Waals surface area contributed by atoms with E-state index in [4.69, 9.17) is 18.9 Å². The summed E-state index contributed by atoms with van der Waals surface area (Å²) in [7, 11) is 3.40. The smallest absolute Gasteiger partial charge is 0.191 e. The van der Waals surface area contributed by atoms with Crippen LogP contribution in [0.25, 0.3) is 0 Å². The second-order valence-electron chi connectivity index (χ2n) is 6.78. The van der Waals surface area contributed by atoms with E-state index in [0.29, 0.717) is 32.3 Å². The predicted octanol–water partition coefficient (Wildman–Crippen LogP) is 4.32. The monoisotopic (exact) mass is 429 g/mol. The summed E-state index contributed by atoms with van der Waals surface area (Å²) in [6, 6.07) is 11.9. The number of methoxy groups -OCH3 is 1. The summed E-state index contributed by atoms with van der Waals surface area (Å²) in [6.45, 7) is 10.3. The topological polar surface area (TPSA) is 73.3 Å². The first-order valence-corrected chi connectivity index (χ1v) is 10.7. The first-order chi connectivity index (χ1) is 15.1. The summed E-state index contributed by atoms with van der Waals surface area (Å²) >= 11 is 0. The van der Waals surface area contributed by atoms with Gasteiger partial charge in [-0.05, 0) is 63.1 Å². The molecule has 31 heavy (non-hydrogen) atoms. The zero-order valence-corrected chi connectivity index (χ0v) is 19.5. The van der Waals surface area contributed by atoms with Crippen molar-refractivity contribution in [2.75, 3.05) is 34.0 Å². The first-order valence-electron chi connectivity index (χ1n) is 10.7. The summed E-state index contributed by atoms with van der Waals surface area (Å²) in [6.07, 6.45) is 0. The number of aliphatic imine (C=N–C) groups is 1. The molecule has 0 spiro atoms. The molecule has 0 heterocycles. The average molecular weight is 430 g/mol. The summed E-state index contributed by atoms with van der Waals surface area (Å²) in [5.41, 5.74) is 2.15. The number of hydrogen-bond acceptors (Lipinski definition) is 5. The van der Waals surface area contributed by atoms with Crippen LogP contribution >= 0.6 is 0 Å². The third-order valence-corrected chi connectivity index (χ3v) is 4.63. The molecule has 0 aromatic heterocycles. The Balaban J connectivity index is 2.03. The third-order valence-electron chi connectivity index (χ3n) is 4.63. The summed E-state index contributed by atoms with van der Waals surface area (Å²) in [5, 5.41) is 6.77. The number of nitrogens with one attached hydrogen (secondary N) is 2. The van der Waals surface area contributed by atoms with E-state index >= 15 is 0 Å². The Kier molecular flexibility index (Phi) is 9.81. The van der Waals surface area contributed by atoms with Gasteiger partial charge in [0.05, 0.1) is 33.0 Å². The predicted molar refractivity (Wildman–Crippen MR) is 125 cm³/mol. The molecule has 0 bridgehead atoms. The van der Waals surface area contributed by atoms with Crippen molar-refractivity contribution in [2.45, 2.75) is 40.3 Å². The average Bonchev–Trinajstić information content (AvgIpc) is 2.78. The molecule has 2 rings (SSSR count). The Morgan fingerprint density at radius 1 is 0.871 bits per heavy atom. The molecule has 2 aromatic rings. The van der Waals surface area contributed by atoms with Crippen molar-refractivity contribution < 1.29 is 18.9 Å². The second-order valence-corrected chi connectivity index (χ2v) is 6.78. The number of ether oxygens (including phenoxy) is 4. The van der Waals surface area contributed by atoms with Crippen molar-refractivity contribution in [3.63, 3.8) is 0 Å². The molecule has 0 aliphatic rings. The van der Waals surface area contributed by atoms with Crippen LogP contribution in [0.5, 0.6) is 23.0 Å². The number of benzene rings is 2. The minimum atomic E-state index is 0.0240. The maximum absolute atomic E-state index is 5.75. The van der Waals surface area contributed by atoms with Gasteiger partial charge in [-0.3, -0.25) is 4.99 Å². The van der Waals surface area contributed by atoms with Gasteiger partial charge in [0.2, 0.25) is 0 Å². The molecule has 2 aromatic carbocycles. The van der Waals surface area contributed by atoms with E-state index in [-0.39, 0.29) is 6.04 Å². The molecule has 0 saturated carbocycles. The van der Waals surface area contributed by atoms with E-state index in [1.807, 2.05) is 57.2 Å². The Bertz CT molecular complexity index is 855. The lowest BCUT2D eigenvalue weighted by Crippen LogP contribution is -2.38. The van der Waals surface area contributed by atoms with E-state index in [9.17, 15) is 0 Å². The van der Waals surface area contributed by atoms with E-state index in [1.54, 1.807) is 14.2 Å². The van der Waals surface area contributed by atoms with Gasteiger partial charge < -0.3 is 29.6 Å². The zero-order valence-electron chi connectivity index (χ0n) is 19.5. The first kappa shape index (κ1) is 24.2. The van der Waals surface area contributed by atoms with Crippen molar-refractivity contribution in [1.29, 1.82) is 0 Å². The third kappa shape index (κ3) is 6.98. The summed E-state index contributed by atoms with van der Waals surface area (Å²) < 4.78 is 22.4. The number of nitrogens with zero attached hydrogens (tertiary/aromatic N) is 1. The van der Waals surface area contributed by atoms with Gasteiger partial charge in [-0.1, -0.05) is 12.1 Å².